The minimum atomic E-state index is -1.65. The molecule has 5 fully saturated rings. The van der Waals surface area contributed by atoms with E-state index in [2.05, 4.69) is 0 Å². The van der Waals surface area contributed by atoms with Gasteiger partial charge in [-0.15, -0.1) is 0 Å². The number of rotatable bonds is 8. The molecule has 0 aromatic rings. The van der Waals surface area contributed by atoms with Crippen LogP contribution in [0, 0.1) is 5.92 Å². The molecule has 10 nitrogen and oxygen atoms in total. The zero-order chi connectivity index (χ0) is 24.2. The van der Waals surface area contributed by atoms with Gasteiger partial charge in [-0.2, -0.15) is 0 Å². The topological polar surface area (TPSA) is 158 Å². The molecule has 6 N–H and O–H groups in total. The Hall–Kier alpha value is 0.330. The normalized spacial score (nSPS) is 56.7. The molecule has 7 unspecified atom stereocenters. The summed E-state index contributed by atoms with van der Waals surface area (Å²) in [7, 11) is 0. The van der Waals surface area contributed by atoms with Gasteiger partial charge in [0.1, 0.15) is 0 Å². The van der Waals surface area contributed by atoms with E-state index in [1.165, 1.54) is 0 Å². The van der Waals surface area contributed by atoms with Crippen molar-refractivity contribution in [3.63, 3.8) is 0 Å². The molecule has 0 radical (unpaired) electrons. The zero-order valence-electron chi connectivity index (χ0n) is 19.4. The maximum absolute atomic E-state index is 11.5. The van der Waals surface area contributed by atoms with Crippen LogP contribution in [0.15, 0.2) is 0 Å². The number of hydrogen-bond donors (Lipinski definition) is 6. The fraction of sp³-hybridized carbons (Fsp3) is 1.00. The van der Waals surface area contributed by atoms with Crippen molar-refractivity contribution in [2.75, 3.05) is 17.6 Å². The van der Waals surface area contributed by atoms with Crippen molar-refractivity contribution >= 4 is 0 Å². The van der Waals surface area contributed by atoms with E-state index < -0.39 is 103 Å². The predicted molar refractivity (Wildman–Crippen MR) is 108 cm³/mol. The SMILES string of the molecule is CCC[I-]C12C[C@]1(O)[C@H](OC13OC(CO)C(O)[C@]4(OC(C)(C)C)CC1(O)[C@H]34)C(O)C(CO)O2. The molecule has 2 heterocycles. The number of ether oxygens (including phenoxy) is 4. The van der Waals surface area contributed by atoms with Gasteiger partial charge in [0, 0.05) is 0 Å². The summed E-state index contributed by atoms with van der Waals surface area (Å²) in [5.41, 5.74) is -4.79. The Morgan fingerprint density at radius 2 is 1.67 bits per heavy atom. The van der Waals surface area contributed by atoms with Crippen molar-refractivity contribution in [1.29, 1.82) is 0 Å². The molecule has 0 bridgehead atoms. The van der Waals surface area contributed by atoms with Crippen molar-refractivity contribution in [1.82, 2.24) is 0 Å². The Kier molecular flexibility index (Phi) is 5.63. The Labute approximate surface area is 203 Å². The molecule has 33 heavy (non-hydrogen) atoms. The average Bonchev–Trinajstić information content (AvgIpc) is 3.49. The number of alkyl halides is 2. The van der Waals surface area contributed by atoms with E-state index in [1.54, 1.807) is 0 Å². The van der Waals surface area contributed by atoms with Crippen LogP contribution in [-0.4, -0.2) is 111 Å². The molecule has 2 aliphatic heterocycles. The van der Waals surface area contributed by atoms with Crippen molar-refractivity contribution in [2.24, 2.45) is 5.92 Å². The first kappa shape index (κ1) is 25.0. The Balaban J connectivity index is 1.47. The van der Waals surface area contributed by atoms with Gasteiger partial charge in [0.15, 0.2) is 0 Å². The summed E-state index contributed by atoms with van der Waals surface area (Å²) < 4.78 is 24.6. The van der Waals surface area contributed by atoms with Crippen LogP contribution in [0.3, 0.4) is 0 Å². The first-order valence-corrected chi connectivity index (χ1v) is 14.3. The van der Waals surface area contributed by atoms with Crippen LogP contribution in [0.2, 0.25) is 0 Å². The average molecular weight is 587 g/mol. The Bertz CT molecular complexity index is 809. The quantitative estimate of drug-likeness (QED) is 0.120. The summed E-state index contributed by atoms with van der Waals surface area (Å²) in [6.45, 7) is 6.61. The summed E-state index contributed by atoms with van der Waals surface area (Å²) in [4.78, 5) is 0. The molecule has 11 heteroatoms. The molecule has 5 aliphatic rings. The van der Waals surface area contributed by atoms with E-state index in [9.17, 15) is 30.6 Å². The molecule has 2 saturated heterocycles. The number of aliphatic hydroxyl groups is 6. The van der Waals surface area contributed by atoms with E-state index in [0.717, 1.165) is 10.8 Å². The molecular weight excluding hydrogens is 551 g/mol. The third-order valence-corrected chi connectivity index (χ3v) is 12.2. The number of fused-ring (bicyclic) bond motifs is 2. The fourth-order valence-electron chi connectivity index (χ4n) is 6.40. The van der Waals surface area contributed by atoms with Gasteiger partial charge in [0.05, 0.1) is 0 Å². The van der Waals surface area contributed by atoms with Crippen LogP contribution in [0.1, 0.15) is 47.0 Å². The monoisotopic (exact) mass is 587 g/mol. The third-order valence-electron chi connectivity index (χ3n) is 7.77. The van der Waals surface area contributed by atoms with Crippen LogP contribution >= 0.6 is 0 Å². The maximum atomic E-state index is 11.5. The van der Waals surface area contributed by atoms with E-state index >= 15 is 0 Å². The molecule has 5 rings (SSSR count). The Morgan fingerprint density at radius 3 is 2.24 bits per heavy atom. The fourth-order valence-corrected chi connectivity index (χ4v) is 10.1. The van der Waals surface area contributed by atoms with Gasteiger partial charge in [-0.3, -0.25) is 0 Å². The molecule has 0 spiro atoms. The molecule has 11 atom stereocenters. The van der Waals surface area contributed by atoms with E-state index in [-0.39, 0.29) is 12.8 Å². The van der Waals surface area contributed by atoms with E-state index in [0.29, 0.717) is 0 Å². The molecule has 0 amide bonds. The number of hydrogen-bond acceptors (Lipinski definition) is 10. The standard InChI is InChI=1S/C22H36IO10/c1-5-6-23-21-10-19(21,28)15(13(26)11(7-24)30-21)32-22-16-18(9-20(16,22)29,33-17(2,3)4)14(27)12(8-25)31-22/h11-16,24-29H,5-10H2,1-4H3/q-1/t11?,12?,13?,14?,15-,16-,18-,19+,20?,21?,22?/m1/s1. The summed E-state index contributed by atoms with van der Waals surface area (Å²) in [6, 6.07) is 0. The molecule has 3 saturated carbocycles. The van der Waals surface area contributed by atoms with E-state index in [4.69, 9.17) is 18.9 Å². The second kappa shape index (κ2) is 7.44. The third kappa shape index (κ3) is 3.08. The van der Waals surface area contributed by atoms with Gasteiger partial charge in [-0.25, -0.2) is 0 Å². The second-order valence-electron chi connectivity index (χ2n) is 11.2. The van der Waals surface area contributed by atoms with Crippen molar-refractivity contribution in [2.45, 2.75) is 109 Å². The van der Waals surface area contributed by atoms with E-state index in [1.807, 2.05) is 27.7 Å². The summed E-state index contributed by atoms with van der Waals surface area (Å²) in [5, 5.41) is 64.6. The molecule has 192 valence electrons. The van der Waals surface area contributed by atoms with Crippen molar-refractivity contribution < 1.29 is 70.8 Å². The minimum absolute atomic E-state index is 0.0364. The first-order valence-electron chi connectivity index (χ1n) is 11.7. The van der Waals surface area contributed by atoms with Gasteiger partial charge in [0.2, 0.25) is 0 Å². The molecule has 0 aromatic carbocycles. The van der Waals surface area contributed by atoms with Gasteiger partial charge in [-0.1, -0.05) is 0 Å². The van der Waals surface area contributed by atoms with Crippen LogP contribution in [0.4, 0.5) is 0 Å². The van der Waals surface area contributed by atoms with Gasteiger partial charge in [-0.05, 0) is 0 Å². The summed E-state index contributed by atoms with van der Waals surface area (Å²) >= 11 is -0.609. The van der Waals surface area contributed by atoms with Gasteiger partial charge < -0.3 is 0 Å². The van der Waals surface area contributed by atoms with Crippen LogP contribution in [-0.2, 0) is 18.9 Å². The van der Waals surface area contributed by atoms with Crippen LogP contribution < -0.4 is 21.2 Å². The van der Waals surface area contributed by atoms with Crippen molar-refractivity contribution in [3.05, 3.63) is 0 Å². The molecule has 0 aromatic heterocycles. The summed E-state index contributed by atoms with van der Waals surface area (Å²) in [5.74, 6) is -2.40. The number of halogens is 1. The second-order valence-corrected chi connectivity index (χ2v) is 14.8. The predicted octanol–water partition coefficient (Wildman–Crippen LogP) is -4.78. The first-order chi connectivity index (χ1) is 15.3. The van der Waals surface area contributed by atoms with Gasteiger partial charge >= 0.3 is 204 Å². The van der Waals surface area contributed by atoms with Crippen LogP contribution in [0.5, 0.6) is 0 Å². The summed E-state index contributed by atoms with van der Waals surface area (Å²) in [6.07, 6.45) is -4.46. The molecule has 3 aliphatic carbocycles. The van der Waals surface area contributed by atoms with Crippen LogP contribution in [0.25, 0.3) is 0 Å². The Morgan fingerprint density at radius 1 is 1.00 bits per heavy atom. The number of aliphatic hydroxyl groups excluding tert-OH is 4. The molecular formula is C22H36IO10-. The van der Waals surface area contributed by atoms with Crippen molar-refractivity contribution in [3.8, 4) is 0 Å². The van der Waals surface area contributed by atoms with Gasteiger partial charge in [0.25, 0.3) is 0 Å². The zero-order valence-corrected chi connectivity index (χ0v) is 21.6.